The average molecular weight is 339 g/mol. The summed E-state index contributed by atoms with van der Waals surface area (Å²) in [4.78, 5) is 8.56. The van der Waals surface area contributed by atoms with E-state index in [-0.39, 0.29) is 0 Å². The molecule has 0 radical (unpaired) electrons. The highest BCUT2D eigenvalue weighted by Crippen LogP contribution is 2.60. The van der Waals surface area contributed by atoms with Crippen LogP contribution in [0.15, 0.2) is 0 Å². The first-order valence-electron chi connectivity index (χ1n) is 10.00. The Labute approximate surface area is 148 Å². The summed E-state index contributed by atoms with van der Waals surface area (Å²) in [5, 5.41) is 13.9. The quantitative estimate of drug-likeness (QED) is 0.528. The summed E-state index contributed by atoms with van der Waals surface area (Å²) >= 11 is 0. The van der Waals surface area contributed by atoms with Crippen molar-refractivity contribution in [2.75, 3.05) is 0 Å². The van der Waals surface area contributed by atoms with Crippen LogP contribution in [0.5, 0.6) is 0 Å². The lowest BCUT2D eigenvalue weighted by Crippen LogP contribution is -2.48. The fourth-order valence-corrected chi connectivity index (χ4v) is 6.67. The van der Waals surface area contributed by atoms with Crippen LogP contribution in [0.2, 0.25) is 0 Å². The number of hydrogen-bond donors (Lipinski definition) is 2. The summed E-state index contributed by atoms with van der Waals surface area (Å²) in [7, 11) is 0. The Morgan fingerprint density at radius 3 is 2.08 bits per heavy atom. The molecule has 3 saturated carbocycles. The van der Waals surface area contributed by atoms with Gasteiger partial charge in [-0.25, -0.2) is 4.79 Å². The van der Waals surface area contributed by atoms with E-state index >= 15 is 0 Å². The predicted octanol–water partition coefficient (Wildman–Crippen LogP) is 6.52. The van der Waals surface area contributed by atoms with Gasteiger partial charge in [-0.05, 0) is 72.5 Å². The number of rotatable bonds is 0. The van der Waals surface area contributed by atoms with Crippen molar-refractivity contribution in [2.45, 2.75) is 86.0 Å². The van der Waals surface area contributed by atoms with E-state index in [9.17, 15) is 0 Å². The molecular formula is C21H38O3. The Morgan fingerprint density at radius 2 is 1.46 bits per heavy atom. The Balaban J connectivity index is 0.000000471. The molecule has 6 atom stereocenters. The zero-order valence-electron chi connectivity index (χ0n) is 16.3. The Hall–Kier alpha value is -0.730. The van der Waals surface area contributed by atoms with Crippen LogP contribution in [0.25, 0.3) is 0 Å². The van der Waals surface area contributed by atoms with Crippen LogP contribution in [-0.4, -0.2) is 16.4 Å². The van der Waals surface area contributed by atoms with Crippen molar-refractivity contribution in [1.82, 2.24) is 0 Å². The number of hydrogen-bond acceptors (Lipinski definition) is 1. The van der Waals surface area contributed by atoms with Crippen LogP contribution in [0.4, 0.5) is 4.79 Å². The van der Waals surface area contributed by atoms with Crippen LogP contribution < -0.4 is 0 Å². The predicted molar refractivity (Wildman–Crippen MR) is 98.3 cm³/mol. The monoisotopic (exact) mass is 338 g/mol. The number of carboxylic acid groups (broad SMARTS) is 2. The van der Waals surface area contributed by atoms with Crippen LogP contribution in [0.1, 0.15) is 86.0 Å². The molecular weight excluding hydrogens is 300 g/mol. The summed E-state index contributed by atoms with van der Waals surface area (Å²) in [5.41, 5.74) is 1.26. The molecule has 0 amide bonds. The van der Waals surface area contributed by atoms with E-state index in [2.05, 4.69) is 34.6 Å². The lowest BCUT2D eigenvalue weighted by molar-refractivity contribution is -0.0692. The maximum atomic E-state index is 8.56. The summed E-state index contributed by atoms with van der Waals surface area (Å²) < 4.78 is 0. The molecule has 0 aromatic heterocycles. The largest absolute Gasteiger partial charge is 0.503 e. The zero-order valence-corrected chi connectivity index (χ0v) is 16.3. The van der Waals surface area contributed by atoms with Gasteiger partial charge in [0, 0.05) is 0 Å². The second-order valence-electron chi connectivity index (χ2n) is 9.87. The molecule has 3 aliphatic rings. The topological polar surface area (TPSA) is 57.5 Å². The summed E-state index contributed by atoms with van der Waals surface area (Å²) in [6.07, 6.45) is 10.2. The molecule has 3 fully saturated rings. The third-order valence-corrected chi connectivity index (χ3v) is 8.22. The van der Waals surface area contributed by atoms with Gasteiger partial charge < -0.3 is 10.2 Å². The summed E-state index contributed by atoms with van der Waals surface area (Å²) in [6.45, 7) is 12.9. The minimum atomic E-state index is -1.83. The lowest BCUT2D eigenvalue weighted by Gasteiger charge is -2.57. The van der Waals surface area contributed by atoms with Gasteiger partial charge in [-0.15, -0.1) is 0 Å². The standard InChI is InChI=1S/C20H36.CH2O3/c1-14-7-6-11-20(5)12-10-17-15(2)8-9-16(13-18(14)20)19(17,3)4;2-1(3)4/h14-18H,6-13H2,1-5H3;(H2,2,3,4)/t14-,15-,16+,17+,18-,20+;/m1./s1. The number of fused-ring (bicyclic) bond motifs is 3. The maximum absolute atomic E-state index is 8.56. The molecule has 24 heavy (non-hydrogen) atoms. The van der Waals surface area contributed by atoms with Crippen LogP contribution in [-0.2, 0) is 0 Å². The van der Waals surface area contributed by atoms with Gasteiger partial charge in [-0.3, -0.25) is 0 Å². The van der Waals surface area contributed by atoms with Gasteiger partial charge >= 0.3 is 6.16 Å². The minimum Gasteiger partial charge on any atom is -0.450 e. The minimum absolute atomic E-state index is 0.593. The second-order valence-corrected chi connectivity index (χ2v) is 9.87. The molecule has 3 rings (SSSR count). The first-order chi connectivity index (χ1) is 11.1. The van der Waals surface area contributed by atoms with Gasteiger partial charge in [0.2, 0.25) is 0 Å². The number of carbonyl (C=O) groups is 1. The van der Waals surface area contributed by atoms with Crippen molar-refractivity contribution in [3.05, 3.63) is 0 Å². The summed E-state index contributed by atoms with van der Waals surface area (Å²) in [6, 6.07) is 0. The van der Waals surface area contributed by atoms with Gasteiger partial charge in [0.1, 0.15) is 0 Å². The smallest absolute Gasteiger partial charge is 0.450 e. The van der Waals surface area contributed by atoms with E-state index in [1.165, 1.54) is 51.4 Å². The van der Waals surface area contributed by atoms with Gasteiger partial charge in [0.15, 0.2) is 0 Å². The second kappa shape index (κ2) is 7.25. The van der Waals surface area contributed by atoms with Gasteiger partial charge in [-0.2, -0.15) is 0 Å². The van der Waals surface area contributed by atoms with Crippen LogP contribution >= 0.6 is 0 Å². The maximum Gasteiger partial charge on any atom is 0.503 e. The molecule has 140 valence electrons. The van der Waals surface area contributed by atoms with E-state index in [0.717, 1.165) is 29.6 Å². The van der Waals surface area contributed by atoms with E-state index in [4.69, 9.17) is 15.0 Å². The third-order valence-electron chi connectivity index (χ3n) is 8.22. The molecule has 0 aromatic carbocycles. The molecule has 0 unspecified atom stereocenters. The fourth-order valence-electron chi connectivity index (χ4n) is 6.67. The fraction of sp³-hybridized carbons (Fsp3) is 0.952. The van der Waals surface area contributed by atoms with Crippen LogP contribution in [0, 0.1) is 40.4 Å². The SMILES string of the molecule is C[C@@H]1CCC[C@@]2(C)CC[C@H]3[C@H](C)CC[C@@H](C[C@H]12)C3(C)C.O=C(O)O. The molecule has 0 aliphatic heterocycles. The van der Waals surface area contributed by atoms with Crippen molar-refractivity contribution < 1.29 is 15.0 Å². The Morgan fingerprint density at radius 1 is 0.875 bits per heavy atom. The lowest BCUT2D eigenvalue weighted by atomic mass is 9.48. The molecule has 0 saturated heterocycles. The third kappa shape index (κ3) is 3.91. The molecule has 0 aromatic rings. The van der Waals surface area contributed by atoms with Crippen molar-refractivity contribution in [1.29, 1.82) is 0 Å². The molecule has 0 spiro atoms. The van der Waals surface area contributed by atoms with Gasteiger partial charge in [0.05, 0.1) is 0 Å². The average Bonchev–Trinajstić information content (AvgIpc) is 2.43. The molecule has 0 heterocycles. The van der Waals surface area contributed by atoms with Crippen LogP contribution in [0.3, 0.4) is 0 Å². The van der Waals surface area contributed by atoms with E-state index in [1.807, 2.05) is 0 Å². The first-order valence-corrected chi connectivity index (χ1v) is 10.00. The van der Waals surface area contributed by atoms with E-state index < -0.39 is 6.16 Å². The van der Waals surface area contributed by atoms with E-state index in [0.29, 0.717) is 10.8 Å². The van der Waals surface area contributed by atoms with Crippen molar-refractivity contribution in [3.63, 3.8) is 0 Å². The Bertz CT molecular complexity index is 440. The molecule has 2 bridgehead atoms. The van der Waals surface area contributed by atoms with Crippen molar-refractivity contribution in [3.8, 4) is 0 Å². The van der Waals surface area contributed by atoms with Gasteiger partial charge in [0.25, 0.3) is 0 Å². The highest BCUT2D eigenvalue weighted by molar-refractivity contribution is 5.53. The highest BCUT2D eigenvalue weighted by atomic mass is 16.6. The Kier molecular flexibility index (Phi) is 5.92. The van der Waals surface area contributed by atoms with Crippen molar-refractivity contribution in [2.24, 2.45) is 40.4 Å². The molecule has 3 aliphatic carbocycles. The van der Waals surface area contributed by atoms with Crippen molar-refractivity contribution >= 4 is 6.16 Å². The summed E-state index contributed by atoms with van der Waals surface area (Å²) in [5.74, 6) is 4.92. The first kappa shape index (κ1) is 19.6. The zero-order chi connectivity index (χ0) is 18.1. The van der Waals surface area contributed by atoms with Gasteiger partial charge in [-0.1, -0.05) is 53.9 Å². The van der Waals surface area contributed by atoms with E-state index in [1.54, 1.807) is 0 Å². The normalized spacial score (nSPS) is 44.1. The molecule has 3 nitrogen and oxygen atoms in total. The highest BCUT2D eigenvalue weighted by Gasteiger charge is 2.50. The molecule has 3 heteroatoms. The molecule has 2 N–H and O–H groups in total.